The van der Waals surface area contributed by atoms with Crippen LogP contribution in [-0.4, -0.2) is 24.3 Å². The smallest absolute Gasteiger partial charge is 0.331 e. The number of ether oxygens (including phenoxy) is 2. The van der Waals surface area contributed by atoms with Gasteiger partial charge < -0.3 is 9.47 Å². The van der Waals surface area contributed by atoms with Gasteiger partial charge in [0.25, 0.3) is 0 Å². The van der Waals surface area contributed by atoms with Crippen LogP contribution in [0.2, 0.25) is 0 Å². The van der Waals surface area contributed by atoms with Crippen LogP contribution >= 0.6 is 0 Å². The molecule has 0 bridgehead atoms. The van der Waals surface area contributed by atoms with Gasteiger partial charge in [0.2, 0.25) is 0 Å². The summed E-state index contributed by atoms with van der Waals surface area (Å²) in [6.07, 6.45) is 15.1. The van der Waals surface area contributed by atoms with E-state index in [4.69, 9.17) is 9.47 Å². The number of Topliss-reactive ketones (excluding diaryl/α,β-unsaturated/α-hetero) is 1. The molecule has 1 aromatic rings. The maximum Gasteiger partial charge on any atom is 0.331 e. The Morgan fingerprint density at radius 3 is 2.31 bits per heavy atom. The molecule has 0 atom stereocenters. The van der Waals surface area contributed by atoms with Gasteiger partial charge >= 0.3 is 11.9 Å². The summed E-state index contributed by atoms with van der Waals surface area (Å²) in [4.78, 5) is 35.2. The lowest BCUT2D eigenvalue weighted by Gasteiger charge is -2.32. The number of carbonyl (C=O) groups is 3. The van der Waals surface area contributed by atoms with Crippen LogP contribution in [0.4, 0.5) is 0 Å². The molecule has 2 rings (SSSR count). The van der Waals surface area contributed by atoms with E-state index >= 15 is 0 Å². The molecule has 1 aromatic carbocycles. The highest BCUT2D eigenvalue weighted by molar-refractivity contribution is 5.98. The summed E-state index contributed by atoms with van der Waals surface area (Å²) < 4.78 is 10.0. The summed E-state index contributed by atoms with van der Waals surface area (Å²) in [6, 6.07) is 6.08. The van der Waals surface area contributed by atoms with Crippen LogP contribution < -0.4 is 4.74 Å². The minimum absolute atomic E-state index is 0.212. The van der Waals surface area contributed by atoms with Crippen LogP contribution in [0.3, 0.4) is 0 Å². The number of esters is 2. The van der Waals surface area contributed by atoms with Crippen molar-refractivity contribution in [3.63, 3.8) is 0 Å². The van der Waals surface area contributed by atoms with Gasteiger partial charge in [0.15, 0.2) is 12.4 Å². The van der Waals surface area contributed by atoms with Crippen molar-refractivity contribution in [3.05, 3.63) is 88.6 Å². The average Bonchev–Trinajstić information content (AvgIpc) is 2.76. The molecule has 0 fully saturated rings. The van der Waals surface area contributed by atoms with Crippen LogP contribution in [-0.2, 0) is 14.3 Å². The Balaban J connectivity index is 1.87. The molecule has 1 aliphatic carbocycles. The van der Waals surface area contributed by atoms with Crippen LogP contribution in [0, 0.1) is 5.41 Å². The molecule has 0 spiro atoms. The Hall–Kier alpha value is -3.47. The topological polar surface area (TPSA) is 69.7 Å². The summed E-state index contributed by atoms with van der Waals surface area (Å²) >= 11 is 0. The Morgan fingerprint density at radius 1 is 1.00 bits per heavy atom. The third-order valence-electron chi connectivity index (χ3n) is 5.90. The van der Waals surface area contributed by atoms with Gasteiger partial charge in [-0.3, -0.25) is 9.59 Å². The van der Waals surface area contributed by atoms with Crippen molar-refractivity contribution in [1.82, 2.24) is 0 Å². The Bertz CT molecular complexity index is 1090. The zero-order valence-electron chi connectivity index (χ0n) is 21.6. The van der Waals surface area contributed by atoms with Crippen LogP contribution in [0.25, 0.3) is 0 Å². The lowest BCUT2D eigenvalue weighted by molar-refractivity contribution is -0.136. The second kappa shape index (κ2) is 12.8. The van der Waals surface area contributed by atoms with Gasteiger partial charge in [-0.1, -0.05) is 55.4 Å². The molecule has 0 N–H and O–H groups in total. The molecule has 5 heteroatoms. The standard InChI is InChI=1S/C30H36O5/c1-21(12-17-27-23(3)11-8-18-30(27,5)6)9-7-10-22(2)19-29(33)34-20-28(32)25-13-15-26(16-14-25)35-24(4)31/h7,9-10,12-17,19H,8,11,18,20H2,1-6H3/b10-7+,17-12+,21-9+,22-19+. The van der Waals surface area contributed by atoms with Gasteiger partial charge in [0.1, 0.15) is 5.75 Å². The molecule has 35 heavy (non-hydrogen) atoms. The van der Waals surface area contributed by atoms with Crippen molar-refractivity contribution in [2.45, 2.75) is 60.8 Å². The molecule has 0 aliphatic heterocycles. The Morgan fingerprint density at radius 2 is 1.69 bits per heavy atom. The summed E-state index contributed by atoms with van der Waals surface area (Å²) in [6.45, 7) is 11.6. The molecule has 5 nitrogen and oxygen atoms in total. The highest BCUT2D eigenvalue weighted by Gasteiger charge is 2.26. The van der Waals surface area contributed by atoms with E-state index in [1.165, 1.54) is 67.7 Å². The Kier molecular flexibility index (Phi) is 10.2. The van der Waals surface area contributed by atoms with E-state index in [0.717, 1.165) is 5.57 Å². The predicted molar refractivity (Wildman–Crippen MR) is 139 cm³/mol. The first-order valence-electron chi connectivity index (χ1n) is 11.9. The minimum Gasteiger partial charge on any atom is -0.454 e. The van der Waals surface area contributed by atoms with Crippen molar-refractivity contribution in [1.29, 1.82) is 0 Å². The number of carbonyl (C=O) groups excluding carboxylic acids is 3. The maximum atomic E-state index is 12.2. The fraction of sp³-hybridized carbons (Fsp3) is 0.367. The third kappa shape index (κ3) is 9.36. The Labute approximate surface area is 208 Å². The maximum absolute atomic E-state index is 12.2. The van der Waals surface area contributed by atoms with E-state index in [1.807, 2.05) is 25.2 Å². The first-order valence-corrected chi connectivity index (χ1v) is 11.9. The molecule has 0 amide bonds. The lowest BCUT2D eigenvalue weighted by Crippen LogP contribution is -2.19. The second-order valence-corrected chi connectivity index (χ2v) is 9.57. The van der Waals surface area contributed by atoms with Gasteiger partial charge in [0.05, 0.1) is 0 Å². The molecule has 186 valence electrons. The molecule has 0 saturated carbocycles. The number of hydrogen-bond donors (Lipinski definition) is 0. The molecule has 0 radical (unpaired) electrons. The van der Waals surface area contributed by atoms with Gasteiger partial charge in [-0.05, 0) is 80.9 Å². The zero-order valence-corrected chi connectivity index (χ0v) is 21.6. The molecule has 0 saturated heterocycles. The van der Waals surface area contributed by atoms with Crippen molar-refractivity contribution in [2.24, 2.45) is 5.41 Å². The number of hydrogen-bond acceptors (Lipinski definition) is 5. The number of rotatable bonds is 9. The number of benzene rings is 1. The minimum atomic E-state index is -0.584. The zero-order chi connectivity index (χ0) is 26.0. The molecule has 0 unspecified atom stereocenters. The summed E-state index contributed by atoms with van der Waals surface area (Å²) in [7, 11) is 0. The van der Waals surface area contributed by atoms with Crippen LogP contribution in [0.1, 0.15) is 71.2 Å². The van der Waals surface area contributed by atoms with E-state index < -0.39 is 11.9 Å². The van der Waals surface area contributed by atoms with E-state index in [2.05, 4.69) is 32.9 Å². The first kappa shape index (κ1) is 27.8. The SMILES string of the molecule is CC(=O)Oc1ccc(C(=O)COC(=O)/C=C(C)/C=C/C=C(C)/C=C/C2=C(C)CCCC2(C)C)cc1. The monoisotopic (exact) mass is 476 g/mol. The fourth-order valence-corrected chi connectivity index (χ4v) is 4.00. The number of allylic oxidation sites excluding steroid dienone is 9. The summed E-state index contributed by atoms with van der Waals surface area (Å²) in [5, 5.41) is 0. The average molecular weight is 477 g/mol. The van der Waals surface area contributed by atoms with Crippen molar-refractivity contribution in [2.75, 3.05) is 6.61 Å². The van der Waals surface area contributed by atoms with E-state index in [-0.39, 0.29) is 17.8 Å². The predicted octanol–water partition coefficient (Wildman–Crippen LogP) is 6.87. The van der Waals surface area contributed by atoms with Crippen molar-refractivity contribution >= 4 is 17.7 Å². The van der Waals surface area contributed by atoms with Gasteiger partial charge in [0, 0.05) is 18.6 Å². The third-order valence-corrected chi connectivity index (χ3v) is 5.90. The van der Waals surface area contributed by atoms with Crippen molar-refractivity contribution < 1.29 is 23.9 Å². The largest absolute Gasteiger partial charge is 0.454 e. The highest BCUT2D eigenvalue weighted by atomic mass is 16.5. The molecule has 0 heterocycles. The highest BCUT2D eigenvalue weighted by Crippen LogP contribution is 2.40. The fourth-order valence-electron chi connectivity index (χ4n) is 4.00. The van der Waals surface area contributed by atoms with Gasteiger partial charge in [-0.2, -0.15) is 0 Å². The lowest BCUT2D eigenvalue weighted by atomic mass is 9.72. The quantitative estimate of drug-likeness (QED) is 0.128. The van der Waals surface area contributed by atoms with Crippen LogP contribution in [0.15, 0.2) is 83.0 Å². The molecule has 1 aliphatic rings. The van der Waals surface area contributed by atoms with Gasteiger partial charge in [-0.15, -0.1) is 0 Å². The first-order chi connectivity index (χ1) is 16.5. The van der Waals surface area contributed by atoms with E-state index in [9.17, 15) is 14.4 Å². The summed E-state index contributed by atoms with van der Waals surface area (Å²) in [5.41, 5.74) is 5.30. The number of ketones is 1. The van der Waals surface area contributed by atoms with Crippen LogP contribution in [0.5, 0.6) is 5.75 Å². The second-order valence-electron chi connectivity index (χ2n) is 9.57. The van der Waals surface area contributed by atoms with Gasteiger partial charge in [-0.25, -0.2) is 4.79 Å². The summed E-state index contributed by atoms with van der Waals surface area (Å²) in [5.74, 6) is -1.01. The normalized spacial score (nSPS) is 16.6. The molecular weight excluding hydrogens is 440 g/mol. The van der Waals surface area contributed by atoms with E-state index in [0.29, 0.717) is 16.9 Å². The molecule has 0 aromatic heterocycles. The molecular formula is C30H36O5. The van der Waals surface area contributed by atoms with E-state index in [1.54, 1.807) is 6.92 Å². The van der Waals surface area contributed by atoms with Crippen molar-refractivity contribution in [3.8, 4) is 5.75 Å².